The molecule has 1 N–H and O–H groups in total. The third-order valence-corrected chi connectivity index (χ3v) is 3.23. The molecule has 0 saturated heterocycles. The van der Waals surface area contributed by atoms with Gasteiger partial charge in [0.2, 0.25) is 5.89 Å². The van der Waals surface area contributed by atoms with Gasteiger partial charge in [0, 0.05) is 6.42 Å². The lowest BCUT2D eigenvalue weighted by atomic mass is 10.0. The summed E-state index contributed by atoms with van der Waals surface area (Å²) >= 11 is 0. The van der Waals surface area contributed by atoms with E-state index in [0.717, 1.165) is 23.8 Å². The van der Waals surface area contributed by atoms with Crippen molar-refractivity contribution in [2.45, 2.75) is 39.3 Å². The van der Waals surface area contributed by atoms with Crippen LogP contribution in [0.25, 0.3) is 0 Å². The van der Waals surface area contributed by atoms with E-state index in [9.17, 15) is 0 Å². The highest BCUT2D eigenvalue weighted by Crippen LogP contribution is 2.20. The van der Waals surface area contributed by atoms with Gasteiger partial charge in [-0.25, -0.2) is 9.97 Å². The second kappa shape index (κ2) is 4.94. The maximum Gasteiger partial charge on any atom is 0.214 e. The van der Waals surface area contributed by atoms with Crippen LogP contribution in [-0.4, -0.2) is 21.6 Å². The molecule has 5 nitrogen and oxygen atoms in total. The quantitative estimate of drug-likeness (QED) is 0.878. The summed E-state index contributed by atoms with van der Waals surface area (Å²) in [6.45, 7) is 6.90. The fourth-order valence-corrected chi connectivity index (χ4v) is 1.83. The molecule has 0 amide bonds. The normalized spacial score (nSPS) is 12.0. The number of nitrogens with one attached hydrogen (secondary N) is 1. The molecule has 0 spiro atoms. The topological polar surface area (TPSA) is 55.9 Å². The predicted octanol–water partition coefficient (Wildman–Crippen LogP) is 1.94. The first-order chi connectivity index (χ1) is 8.56. The molecule has 0 bridgehead atoms. The number of aryl methyl sites for hydroxylation is 1. The van der Waals surface area contributed by atoms with Crippen LogP contribution in [0.4, 0.5) is 0 Å². The number of hydrogen-bond donors (Lipinski definition) is 1. The van der Waals surface area contributed by atoms with Crippen LogP contribution < -0.4 is 5.32 Å². The molecule has 98 valence electrons. The Kier molecular flexibility index (Phi) is 3.52. The second-order valence-electron chi connectivity index (χ2n) is 4.86. The largest absolute Gasteiger partial charge is 0.444 e. The third kappa shape index (κ3) is 2.46. The number of hydrogen-bond acceptors (Lipinski definition) is 4. The van der Waals surface area contributed by atoms with Crippen LogP contribution in [-0.2, 0) is 18.5 Å². The van der Waals surface area contributed by atoms with Gasteiger partial charge >= 0.3 is 0 Å². The van der Waals surface area contributed by atoms with E-state index in [1.54, 1.807) is 6.20 Å². The van der Waals surface area contributed by atoms with Crippen LogP contribution in [0.1, 0.15) is 38.1 Å². The molecule has 0 fully saturated rings. The SMILES string of the molecule is CCc1cnc(Cn2cncc2C(C)(C)NC)o1. The van der Waals surface area contributed by atoms with E-state index in [1.165, 1.54) is 0 Å². The third-order valence-electron chi connectivity index (χ3n) is 3.23. The molecule has 2 rings (SSSR count). The van der Waals surface area contributed by atoms with Crippen LogP contribution in [0.5, 0.6) is 0 Å². The van der Waals surface area contributed by atoms with Crippen molar-refractivity contribution in [1.82, 2.24) is 19.9 Å². The molecule has 2 heterocycles. The van der Waals surface area contributed by atoms with Gasteiger partial charge in [-0.3, -0.25) is 0 Å². The van der Waals surface area contributed by atoms with Crippen LogP contribution in [0.15, 0.2) is 23.1 Å². The Hall–Kier alpha value is -1.62. The molecule has 0 aliphatic heterocycles. The van der Waals surface area contributed by atoms with Gasteiger partial charge in [-0.05, 0) is 20.9 Å². The molecule has 5 heteroatoms. The van der Waals surface area contributed by atoms with Crippen molar-refractivity contribution in [3.63, 3.8) is 0 Å². The van der Waals surface area contributed by atoms with Gasteiger partial charge in [-0.1, -0.05) is 6.92 Å². The Morgan fingerprint density at radius 1 is 1.39 bits per heavy atom. The van der Waals surface area contributed by atoms with Gasteiger partial charge in [-0.15, -0.1) is 0 Å². The summed E-state index contributed by atoms with van der Waals surface area (Å²) in [4.78, 5) is 8.49. The zero-order valence-electron chi connectivity index (χ0n) is 11.4. The Bertz CT molecular complexity index is 513. The molecular formula is C13H20N4O. The van der Waals surface area contributed by atoms with E-state index in [4.69, 9.17) is 4.42 Å². The van der Waals surface area contributed by atoms with Crippen LogP contribution in [0, 0.1) is 0 Å². The molecule has 2 aromatic heterocycles. The maximum atomic E-state index is 5.63. The minimum absolute atomic E-state index is 0.128. The Balaban J connectivity index is 2.22. The first kappa shape index (κ1) is 12.8. The molecule has 0 atom stereocenters. The summed E-state index contributed by atoms with van der Waals surface area (Å²) in [5.74, 6) is 1.64. The molecule has 0 aromatic carbocycles. The van der Waals surface area contributed by atoms with Crippen molar-refractivity contribution in [2.24, 2.45) is 0 Å². The monoisotopic (exact) mass is 248 g/mol. The fourth-order valence-electron chi connectivity index (χ4n) is 1.83. The van der Waals surface area contributed by atoms with Gasteiger partial charge < -0.3 is 14.3 Å². The number of oxazole rings is 1. The summed E-state index contributed by atoms with van der Waals surface area (Å²) in [6.07, 6.45) is 6.34. The van der Waals surface area contributed by atoms with E-state index in [-0.39, 0.29) is 5.54 Å². The smallest absolute Gasteiger partial charge is 0.214 e. The highest BCUT2D eigenvalue weighted by atomic mass is 16.4. The van der Waals surface area contributed by atoms with Crippen molar-refractivity contribution < 1.29 is 4.42 Å². The van der Waals surface area contributed by atoms with E-state index in [1.807, 2.05) is 19.6 Å². The maximum absolute atomic E-state index is 5.63. The van der Waals surface area contributed by atoms with Gasteiger partial charge in [0.05, 0.1) is 30.0 Å². The number of imidazole rings is 1. The minimum atomic E-state index is -0.128. The van der Waals surface area contributed by atoms with Gasteiger partial charge in [-0.2, -0.15) is 0 Å². The lowest BCUT2D eigenvalue weighted by molar-refractivity contribution is 0.395. The van der Waals surface area contributed by atoms with Crippen molar-refractivity contribution in [1.29, 1.82) is 0 Å². The molecule has 18 heavy (non-hydrogen) atoms. The minimum Gasteiger partial charge on any atom is -0.444 e. The van der Waals surface area contributed by atoms with Gasteiger partial charge in [0.25, 0.3) is 0 Å². The van der Waals surface area contributed by atoms with E-state index < -0.39 is 0 Å². The lowest BCUT2D eigenvalue weighted by Crippen LogP contribution is -2.35. The second-order valence-corrected chi connectivity index (χ2v) is 4.86. The van der Waals surface area contributed by atoms with Crippen molar-refractivity contribution in [3.8, 4) is 0 Å². The van der Waals surface area contributed by atoms with E-state index in [2.05, 4.69) is 40.6 Å². The molecule has 0 unspecified atom stereocenters. The zero-order chi connectivity index (χ0) is 13.2. The molecular weight excluding hydrogens is 228 g/mol. The zero-order valence-corrected chi connectivity index (χ0v) is 11.4. The summed E-state index contributed by atoms with van der Waals surface area (Å²) in [7, 11) is 1.94. The number of rotatable bonds is 5. The molecule has 2 aromatic rings. The predicted molar refractivity (Wildman–Crippen MR) is 69.3 cm³/mol. The Labute approximate surface area is 107 Å². The standard InChI is InChI=1S/C13H20N4O/c1-5-10-6-16-12(18-10)8-17-9-15-7-11(17)13(2,3)14-4/h6-7,9,14H,5,8H2,1-4H3. The highest BCUT2D eigenvalue weighted by molar-refractivity contribution is 5.12. The highest BCUT2D eigenvalue weighted by Gasteiger charge is 2.22. The number of nitrogens with zero attached hydrogens (tertiary/aromatic N) is 3. The summed E-state index contributed by atoms with van der Waals surface area (Å²) < 4.78 is 7.68. The molecule has 0 saturated carbocycles. The average Bonchev–Trinajstić information content (AvgIpc) is 2.98. The molecule has 0 aliphatic carbocycles. The van der Waals surface area contributed by atoms with Crippen molar-refractivity contribution >= 4 is 0 Å². The summed E-state index contributed by atoms with van der Waals surface area (Å²) in [5, 5.41) is 3.27. The lowest BCUT2D eigenvalue weighted by Gasteiger charge is -2.25. The van der Waals surface area contributed by atoms with Crippen molar-refractivity contribution in [2.75, 3.05) is 7.05 Å². The Morgan fingerprint density at radius 2 is 2.17 bits per heavy atom. The van der Waals surface area contributed by atoms with Crippen LogP contribution >= 0.6 is 0 Å². The van der Waals surface area contributed by atoms with Gasteiger partial charge in [0.15, 0.2) is 0 Å². The summed E-state index contributed by atoms with van der Waals surface area (Å²) in [6, 6.07) is 0. The van der Waals surface area contributed by atoms with E-state index >= 15 is 0 Å². The summed E-state index contributed by atoms with van der Waals surface area (Å²) in [5.41, 5.74) is 0.984. The number of aromatic nitrogens is 3. The first-order valence-electron chi connectivity index (χ1n) is 6.20. The van der Waals surface area contributed by atoms with Gasteiger partial charge in [0.1, 0.15) is 12.3 Å². The molecule has 0 radical (unpaired) electrons. The van der Waals surface area contributed by atoms with Crippen LogP contribution in [0.2, 0.25) is 0 Å². The van der Waals surface area contributed by atoms with E-state index in [0.29, 0.717) is 6.54 Å². The fraction of sp³-hybridized carbons (Fsp3) is 0.538. The van der Waals surface area contributed by atoms with Crippen LogP contribution in [0.3, 0.4) is 0 Å². The Morgan fingerprint density at radius 3 is 2.78 bits per heavy atom. The first-order valence-corrected chi connectivity index (χ1v) is 6.20. The van der Waals surface area contributed by atoms with Crippen molar-refractivity contribution in [3.05, 3.63) is 36.1 Å². The average molecular weight is 248 g/mol. The molecule has 0 aliphatic rings.